The van der Waals surface area contributed by atoms with Gasteiger partial charge in [0.05, 0.1) is 25.5 Å². The number of carbonyl (C=O) groups is 1. The molecule has 0 bridgehead atoms. The van der Waals surface area contributed by atoms with Gasteiger partial charge in [-0.25, -0.2) is 4.99 Å². The molecule has 29 heavy (non-hydrogen) atoms. The monoisotopic (exact) mass is 408 g/mol. The summed E-state index contributed by atoms with van der Waals surface area (Å²) in [6, 6.07) is 9.65. The minimum Gasteiger partial charge on any atom is -0.496 e. The summed E-state index contributed by atoms with van der Waals surface area (Å²) < 4.78 is 10.7. The Morgan fingerprint density at radius 2 is 2.17 bits per heavy atom. The van der Waals surface area contributed by atoms with Crippen LogP contribution in [-0.2, 0) is 19.4 Å². The van der Waals surface area contributed by atoms with Crippen molar-refractivity contribution in [3.05, 3.63) is 69.5 Å². The lowest BCUT2D eigenvalue weighted by atomic mass is 9.95. The second-order valence-corrected chi connectivity index (χ2v) is 8.22. The summed E-state index contributed by atoms with van der Waals surface area (Å²) in [7, 11) is 1.66. The fraction of sp³-hybridized carbons (Fsp3) is 0.304. The zero-order chi connectivity index (χ0) is 20.2. The average Bonchev–Trinajstić information content (AvgIpc) is 3.39. The summed E-state index contributed by atoms with van der Waals surface area (Å²) in [6.45, 7) is 2.38. The van der Waals surface area contributed by atoms with Crippen LogP contribution in [0.1, 0.15) is 50.5 Å². The third kappa shape index (κ3) is 4.27. The number of thiophene rings is 1. The predicted molar refractivity (Wildman–Crippen MR) is 116 cm³/mol. The Morgan fingerprint density at radius 1 is 1.31 bits per heavy atom. The highest BCUT2D eigenvalue weighted by molar-refractivity contribution is 7.16. The van der Waals surface area contributed by atoms with Crippen LogP contribution in [-0.4, -0.2) is 19.2 Å². The maximum Gasteiger partial charge on any atom is 0.255 e. The first-order valence-electron chi connectivity index (χ1n) is 9.79. The number of benzene rings is 1. The van der Waals surface area contributed by atoms with Gasteiger partial charge in [-0.2, -0.15) is 0 Å². The van der Waals surface area contributed by atoms with E-state index in [4.69, 9.17) is 14.1 Å². The molecule has 1 aliphatic carbocycles. The topological polar surface area (TPSA) is 63.8 Å². The van der Waals surface area contributed by atoms with Crippen molar-refractivity contribution in [2.45, 2.75) is 39.2 Å². The maximum atomic E-state index is 13.0. The zero-order valence-corrected chi connectivity index (χ0v) is 17.5. The number of furan rings is 1. The number of nitrogens with one attached hydrogen (secondary N) is 1. The van der Waals surface area contributed by atoms with E-state index in [1.54, 1.807) is 24.7 Å². The van der Waals surface area contributed by atoms with Gasteiger partial charge < -0.3 is 14.5 Å². The highest BCUT2D eigenvalue weighted by Gasteiger charge is 2.25. The standard InChI is InChI=1S/C23H24N2O3S/c1-15-9-10-16(12-19(15)27-2)13-25-23-21(18-7-3-4-8-20(18)29-23)22(26)24-14-17-6-5-11-28-17/h5-6,9-13H,3-4,7-8,14H2,1-2H3,(H,24,26). The van der Waals surface area contributed by atoms with E-state index in [9.17, 15) is 4.79 Å². The Hall–Kier alpha value is -2.86. The van der Waals surface area contributed by atoms with E-state index in [-0.39, 0.29) is 5.91 Å². The van der Waals surface area contributed by atoms with Gasteiger partial charge in [0.15, 0.2) is 0 Å². The van der Waals surface area contributed by atoms with Crippen molar-refractivity contribution in [3.8, 4) is 5.75 Å². The van der Waals surface area contributed by atoms with E-state index < -0.39 is 0 Å². The lowest BCUT2D eigenvalue weighted by Gasteiger charge is -2.12. The molecule has 0 fully saturated rings. The van der Waals surface area contributed by atoms with E-state index >= 15 is 0 Å². The predicted octanol–water partition coefficient (Wildman–Crippen LogP) is 5.22. The van der Waals surface area contributed by atoms with Crippen LogP contribution in [0, 0.1) is 6.92 Å². The molecule has 5 nitrogen and oxygen atoms in total. The number of hydrogen-bond acceptors (Lipinski definition) is 5. The SMILES string of the molecule is COc1cc(C=Nc2sc3c(c2C(=O)NCc2ccco2)CCCC3)ccc1C. The van der Waals surface area contributed by atoms with Crippen LogP contribution in [0.5, 0.6) is 5.75 Å². The van der Waals surface area contributed by atoms with Crippen molar-refractivity contribution in [1.29, 1.82) is 0 Å². The molecule has 3 aromatic rings. The Bertz CT molecular complexity index is 1030. The van der Waals surface area contributed by atoms with E-state index in [1.165, 1.54) is 11.3 Å². The van der Waals surface area contributed by atoms with Gasteiger partial charge in [-0.1, -0.05) is 12.1 Å². The van der Waals surface area contributed by atoms with Gasteiger partial charge in [-0.15, -0.1) is 11.3 Å². The molecule has 1 aliphatic rings. The van der Waals surface area contributed by atoms with Crippen LogP contribution >= 0.6 is 11.3 Å². The van der Waals surface area contributed by atoms with E-state index in [0.29, 0.717) is 12.1 Å². The van der Waals surface area contributed by atoms with Gasteiger partial charge in [-0.05, 0) is 67.5 Å². The summed E-state index contributed by atoms with van der Waals surface area (Å²) in [5, 5.41) is 3.75. The lowest BCUT2D eigenvalue weighted by Crippen LogP contribution is -2.23. The fourth-order valence-electron chi connectivity index (χ4n) is 3.60. The maximum absolute atomic E-state index is 13.0. The largest absolute Gasteiger partial charge is 0.496 e. The van der Waals surface area contributed by atoms with Crippen LogP contribution in [0.4, 0.5) is 5.00 Å². The van der Waals surface area contributed by atoms with Crippen molar-refractivity contribution >= 4 is 28.5 Å². The molecule has 0 radical (unpaired) electrons. The van der Waals surface area contributed by atoms with E-state index in [0.717, 1.165) is 52.5 Å². The number of carbonyl (C=O) groups excluding carboxylic acids is 1. The third-order valence-corrected chi connectivity index (χ3v) is 6.35. The van der Waals surface area contributed by atoms with Crippen LogP contribution < -0.4 is 10.1 Å². The highest BCUT2D eigenvalue weighted by Crippen LogP contribution is 2.40. The summed E-state index contributed by atoms with van der Waals surface area (Å²) >= 11 is 1.63. The molecule has 0 saturated heterocycles. The first-order chi connectivity index (χ1) is 14.2. The average molecular weight is 409 g/mol. The van der Waals surface area contributed by atoms with Gasteiger partial charge in [0.25, 0.3) is 5.91 Å². The van der Waals surface area contributed by atoms with E-state index in [1.807, 2.05) is 43.5 Å². The number of aryl methyl sites for hydroxylation is 2. The quantitative estimate of drug-likeness (QED) is 0.569. The number of fused-ring (bicyclic) bond motifs is 1. The molecule has 150 valence electrons. The second kappa shape index (κ2) is 8.66. The Morgan fingerprint density at radius 3 is 2.97 bits per heavy atom. The number of hydrogen-bond donors (Lipinski definition) is 1. The van der Waals surface area contributed by atoms with Crippen molar-refractivity contribution in [1.82, 2.24) is 5.32 Å². The molecular formula is C23H24N2O3S. The summed E-state index contributed by atoms with van der Waals surface area (Å²) in [5.74, 6) is 1.48. The molecule has 1 N–H and O–H groups in total. The molecule has 0 unspecified atom stereocenters. The first kappa shape index (κ1) is 19.5. The number of ether oxygens (including phenoxy) is 1. The number of nitrogens with zero attached hydrogens (tertiary/aromatic N) is 1. The molecule has 2 heterocycles. The van der Waals surface area contributed by atoms with Crippen molar-refractivity contribution in [3.63, 3.8) is 0 Å². The van der Waals surface area contributed by atoms with Crippen LogP contribution in [0.2, 0.25) is 0 Å². The second-order valence-electron chi connectivity index (χ2n) is 7.14. The number of rotatable bonds is 6. The molecule has 1 amide bonds. The molecule has 6 heteroatoms. The highest BCUT2D eigenvalue weighted by atomic mass is 32.1. The molecule has 1 aromatic carbocycles. The zero-order valence-electron chi connectivity index (χ0n) is 16.7. The Kier molecular flexibility index (Phi) is 5.81. The number of methoxy groups -OCH3 is 1. The smallest absolute Gasteiger partial charge is 0.255 e. The fourth-order valence-corrected chi connectivity index (χ4v) is 4.83. The van der Waals surface area contributed by atoms with Gasteiger partial charge in [0, 0.05) is 11.1 Å². The first-order valence-corrected chi connectivity index (χ1v) is 10.6. The van der Waals surface area contributed by atoms with Crippen LogP contribution in [0.25, 0.3) is 0 Å². The van der Waals surface area contributed by atoms with Gasteiger partial charge in [0.2, 0.25) is 0 Å². The molecule has 0 aliphatic heterocycles. The lowest BCUT2D eigenvalue weighted by molar-refractivity contribution is 0.0948. The summed E-state index contributed by atoms with van der Waals surface area (Å²) in [4.78, 5) is 19.0. The van der Waals surface area contributed by atoms with Gasteiger partial charge >= 0.3 is 0 Å². The molecule has 2 aromatic heterocycles. The minimum absolute atomic E-state index is 0.0885. The Labute approximate surface area is 174 Å². The Balaban J connectivity index is 1.62. The summed E-state index contributed by atoms with van der Waals surface area (Å²) in [6.07, 6.45) is 7.65. The molecular weight excluding hydrogens is 384 g/mol. The van der Waals surface area contributed by atoms with E-state index in [2.05, 4.69) is 5.32 Å². The summed E-state index contributed by atoms with van der Waals surface area (Å²) in [5.41, 5.74) is 3.90. The van der Waals surface area contributed by atoms with Gasteiger partial charge in [-0.3, -0.25) is 4.79 Å². The molecule has 0 atom stereocenters. The van der Waals surface area contributed by atoms with Crippen LogP contribution in [0.15, 0.2) is 46.0 Å². The molecule has 0 spiro atoms. The van der Waals surface area contributed by atoms with Gasteiger partial charge in [0.1, 0.15) is 16.5 Å². The third-order valence-electron chi connectivity index (χ3n) is 5.15. The minimum atomic E-state index is -0.0885. The van der Waals surface area contributed by atoms with Crippen LogP contribution in [0.3, 0.4) is 0 Å². The van der Waals surface area contributed by atoms with Crippen molar-refractivity contribution in [2.24, 2.45) is 4.99 Å². The van der Waals surface area contributed by atoms with Crippen molar-refractivity contribution < 1.29 is 13.9 Å². The number of aliphatic imine (C=N–C) groups is 1. The molecule has 4 rings (SSSR count). The van der Waals surface area contributed by atoms with Crippen molar-refractivity contribution in [2.75, 3.05) is 7.11 Å². The normalized spacial score (nSPS) is 13.4. The number of amides is 1. The molecule has 0 saturated carbocycles.